The number of methoxy groups -OCH3 is 1. The zero-order chi connectivity index (χ0) is 14.5. The van der Waals surface area contributed by atoms with E-state index in [-0.39, 0.29) is 11.6 Å². The quantitative estimate of drug-likeness (QED) is 0.916. The number of ether oxygens (including phenoxy) is 2. The average molecular weight is 297 g/mol. The molecule has 20 heavy (non-hydrogen) atoms. The van der Waals surface area contributed by atoms with Crippen LogP contribution in [0.5, 0.6) is 11.5 Å². The van der Waals surface area contributed by atoms with Gasteiger partial charge >= 0.3 is 0 Å². The van der Waals surface area contributed by atoms with Gasteiger partial charge in [-0.1, -0.05) is 23.7 Å². The van der Waals surface area contributed by atoms with Gasteiger partial charge in [-0.05, 0) is 35.9 Å². The molecule has 1 unspecified atom stereocenters. The van der Waals surface area contributed by atoms with E-state index in [2.05, 4.69) is 0 Å². The molecule has 106 valence electrons. The van der Waals surface area contributed by atoms with Gasteiger partial charge in [0.2, 0.25) is 0 Å². The first kappa shape index (κ1) is 14.6. The van der Waals surface area contributed by atoms with Crippen molar-refractivity contribution in [3.63, 3.8) is 0 Å². The lowest BCUT2D eigenvalue weighted by Crippen LogP contribution is -2.10. The molecule has 0 bridgehead atoms. The molecule has 2 aromatic carbocycles. The molecule has 0 heterocycles. The fraction of sp³-hybridized carbons (Fsp3) is 0.200. The Kier molecular flexibility index (Phi) is 4.82. The lowest BCUT2D eigenvalue weighted by atomic mass is 10.1. The van der Waals surface area contributed by atoms with Crippen molar-refractivity contribution in [3.8, 4) is 11.5 Å². The van der Waals surface area contributed by atoms with Crippen molar-refractivity contribution in [2.45, 2.75) is 6.10 Å². The van der Waals surface area contributed by atoms with Crippen LogP contribution in [0, 0.1) is 5.82 Å². The van der Waals surface area contributed by atoms with Crippen LogP contribution in [0.2, 0.25) is 5.02 Å². The summed E-state index contributed by atoms with van der Waals surface area (Å²) in [5.74, 6) is 0.548. The van der Waals surface area contributed by atoms with Gasteiger partial charge in [-0.15, -0.1) is 0 Å². The summed E-state index contributed by atoms with van der Waals surface area (Å²) in [4.78, 5) is 0. The van der Waals surface area contributed by atoms with E-state index in [0.717, 1.165) is 6.07 Å². The van der Waals surface area contributed by atoms with Crippen LogP contribution >= 0.6 is 11.6 Å². The molecule has 0 radical (unpaired) electrons. The first-order valence-electron chi connectivity index (χ1n) is 6.00. The average Bonchev–Trinajstić information content (AvgIpc) is 2.46. The van der Waals surface area contributed by atoms with E-state index in [9.17, 15) is 9.50 Å². The van der Waals surface area contributed by atoms with Crippen LogP contribution in [0.25, 0.3) is 0 Å². The van der Waals surface area contributed by atoms with Crippen LogP contribution in [-0.2, 0) is 0 Å². The summed E-state index contributed by atoms with van der Waals surface area (Å²) in [7, 11) is 1.56. The summed E-state index contributed by atoms with van der Waals surface area (Å²) >= 11 is 5.84. The van der Waals surface area contributed by atoms with Crippen molar-refractivity contribution in [3.05, 3.63) is 58.9 Å². The third-order valence-corrected chi connectivity index (χ3v) is 3.06. The first-order valence-corrected chi connectivity index (χ1v) is 6.38. The summed E-state index contributed by atoms with van der Waals surface area (Å²) in [6, 6.07) is 10.9. The van der Waals surface area contributed by atoms with Gasteiger partial charge in [-0.25, -0.2) is 4.39 Å². The van der Waals surface area contributed by atoms with Crippen LogP contribution < -0.4 is 9.47 Å². The zero-order valence-corrected chi connectivity index (χ0v) is 11.6. The van der Waals surface area contributed by atoms with E-state index < -0.39 is 11.9 Å². The van der Waals surface area contributed by atoms with E-state index in [1.807, 2.05) is 0 Å². The lowest BCUT2D eigenvalue weighted by Gasteiger charge is -2.14. The Labute approximate surface area is 121 Å². The fourth-order valence-electron chi connectivity index (χ4n) is 1.71. The Hall–Kier alpha value is -1.78. The SMILES string of the molecule is COc1cccc(C(O)COc2ccc(F)cc2Cl)c1. The molecule has 0 amide bonds. The minimum atomic E-state index is -0.828. The second kappa shape index (κ2) is 6.59. The Balaban J connectivity index is 2.02. The van der Waals surface area contributed by atoms with Gasteiger partial charge < -0.3 is 14.6 Å². The summed E-state index contributed by atoms with van der Waals surface area (Å²) in [5.41, 5.74) is 0.669. The monoisotopic (exact) mass is 296 g/mol. The predicted octanol–water partition coefficient (Wildman–Crippen LogP) is 3.60. The van der Waals surface area contributed by atoms with Crippen molar-refractivity contribution < 1.29 is 19.0 Å². The summed E-state index contributed by atoms with van der Waals surface area (Å²) in [6.07, 6.45) is -0.828. The molecular formula is C15H14ClFO3. The van der Waals surface area contributed by atoms with E-state index >= 15 is 0 Å². The van der Waals surface area contributed by atoms with Crippen molar-refractivity contribution in [1.29, 1.82) is 0 Å². The molecule has 3 nitrogen and oxygen atoms in total. The molecular weight excluding hydrogens is 283 g/mol. The summed E-state index contributed by atoms with van der Waals surface area (Å²) in [6.45, 7) is 0.0124. The third kappa shape index (κ3) is 3.62. The maximum absolute atomic E-state index is 12.9. The third-order valence-electron chi connectivity index (χ3n) is 2.77. The fourth-order valence-corrected chi connectivity index (χ4v) is 1.93. The number of aliphatic hydroxyl groups is 1. The molecule has 0 fully saturated rings. The minimum Gasteiger partial charge on any atom is -0.497 e. The molecule has 2 aromatic rings. The molecule has 1 N–H and O–H groups in total. The van der Waals surface area contributed by atoms with Crippen LogP contribution in [-0.4, -0.2) is 18.8 Å². The number of aliphatic hydroxyl groups excluding tert-OH is 1. The Morgan fingerprint density at radius 1 is 1.25 bits per heavy atom. The number of halogens is 2. The van der Waals surface area contributed by atoms with Crippen molar-refractivity contribution in [2.24, 2.45) is 0 Å². The Morgan fingerprint density at radius 3 is 2.75 bits per heavy atom. The second-order valence-electron chi connectivity index (χ2n) is 4.18. The smallest absolute Gasteiger partial charge is 0.138 e. The molecule has 0 saturated heterocycles. The number of hydrogen-bond acceptors (Lipinski definition) is 3. The molecule has 0 aliphatic heterocycles. The van der Waals surface area contributed by atoms with Gasteiger partial charge in [0.15, 0.2) is 0 Å². The molecule has 2 rings (SSSR count). The van der Waals surface area contributed by atoms with Gasteiger partial charge in [-0.2, -0.15) is 0 Å². The van der Waals surface area contributed by atoms with Crippen molar-refractivity contribution >= 4 is 11.6 Å². The molecule has 0 aromatic heterocycles. The van der Waals surface area contributed by atoms with Crippen LogP contribution in [0.1, 0.15) is 11.7 Å². The second-order valence-corrected chi connectivity index (χ2v) is 4.59. The summed E-state index contributed by atoms with van der Waals surface area (Å²) in [5, 5.41) is 10.2. The predicted molar refractivity (Wildman–Crippen MR) is 74.9 cm³/mol. The lowest BCUT2D eigenvalue weighted by molar-refractivity contribution is 0.108. The highest BCUT2D eigenvalue weighted by atomic mass is 35.5. The highest BCUT2D eigenvalue weighted by Crippen LogP contribution is 2.26. The van der Waals surface area contributed by atoms with E-state index in [1.54, 1.807) is 31.4 Å². The van der Waals surface area contributed by atoms with Crippen LogP contribution in [0.4, 0.5) is 4.39 Å². The van der Waals surface area contributed by atoms with Crippen molar-refractivity contribution in [2.75, 3.05) is 13.7 Å². The van der Waals surface area contributed by atoms with Gasteiger partial charge in [0.1, 0.15) is 30.0 Å². The van der Waals surface area contributed by atoms with Gasteiger partial charge in [0, 0.05) is 0 Å². The molecule has 0 saturated carbocycles. The van der Waals surface area contributed by atoms with E-state index in [1.165, 1.54) is 12.1 Å². The highest BCUT2D eigenvalue weighted by molar-refractivity contribution is 6.32. The topological polar surface area (TPSA) is 38.7 Å². The minimum absolute atomic E-state index is 0.0124. The van der Waals surface area contributed by atoms with Gasteiger partial charge in [-0.3, -0.25) is 0 Å². The first-order chi connectivity index (χ1) is 9.60. The molecule has 1 atom stereocenters. The van der Waals surface area contributed by atoms with Gasteiger partial charge in [0.05, 0.1) is 12.1 Å². The molecule has 5 heteroatoms. The molecule has 0 aliphatic rings. The highest BCUT2D eigenvalue weighted by Gasteiger charge is 2.11. The van der Waals surface area contributed by atoms with Crippen molar-refractivity contribution in [1.82, 2.24) is 0 Å². The maximum atomic E-state index is 12.9. The maximum Gasteiger partial charge on any atom is 0.138 e. The van der Waals surface area contributed by atoms with Crippen LogP contribution in [0.15, 0.2) is 42.5 Å². The Morgan fingerprint density at radius 2 is 2.05 bits per heavy atom. The Bertz CT molecular complexity index is 589. The van der Waals surface area contributed by atoms with Crippen LogP contribution in [0.3, 0.4) is 0 Å². The van der Waals surface area contributed by atoms with E-state index in [4.69, 9.17) is 21.1 Å². The van der Waals surface area contributed by atoms with E-state index in [0.29, 0.717) is 17.1 Å². The largest absolute Gasteiger partial charge is 0.497 e. The number of benzene rings is 2. The standard InChI is InChI=1S/C15H14ClFO3/c1-19-12-4-2-3-10(7-12)14(18)9-20-15-6-5-11(17)8-13(15)16/h2-8,14,18H,9H2,1H3. The molecule has 0 aliphatic carbocycles. The summed E-state index contributed by atoms with van der Waals surface area (Å²) < 4.78 is 23.4. The molecule has 0 spiro atoms. The zero-order valence-electron chi connectivity index (χ0n) is 10.8. The normalized spacial score (nSPS) is 12.0. The number of rotatable bonds is 5. The van der Waals surface area contributed by atoms with Gasteiger partial charge in [0.25, 0.3) is 0 Å². The number of hydrogen-bond donors (Lipinski definition) is 1.